The number of nitrogens with zero attached hydrogens (tertiary/aromatic N) is 1. The first kappa shape index (κ1) is 18.9. The van der Waals surface area contributed by atoms with Gasteiger partial charge in [-0.25, -0.2) is 8.42 Å². The number of aryl methyl sites for hydroxylation is 1. The number of piperidine rings is 1. The van der Waals surface area contributed by atoms with Crippen molar-refractivity contribution in [3.05, 3.63) is 59.1 Å². The summed E-state index contributed by atoms with van der Waals surface area (Å²) < 4.78 is 32.2. The number of halogens is 1. The fourth-order valence-corrected chi connectivity index (χ4v) is 4.56. The molecule has 3 rings (SSSR count). The molecule has 0 radical (unpaired) electrons. The zero-order valence-electron chi connectivity index (χ0n) is 14.4. The molecular weight excluding hydrogens is 374 g/mol. The van der Waals surface area contributed by atoms with E-state index in [1.165, 1.54) is 16.4 Å². The van der Waals surface area contributed by atoms with E-state index in [4.69, 9.17) is 16.3 Å². The maximum absolute atomic E-state index is 12.7. The highest BCUT2D eigenvalue weighted by Crippen LogP contribution is 2.26. The number of carbonyl (C=O) groups is 1. The van der Waals surface area contributed by atoms with Gasteiger partial charge in [0.1, 0.15) is 5.75 Å². The summed E-state index contributed by atoms with van der Waals surface area (Å²) in [5.41, 5.74) is 1.01. The summed E-state index contributed by atoms with van der Waals surface area (Å²) in [7, 11) is -3.57. The Bertz CT molecular complexity index is 888. The van der Waals surface area contributed by atoms with E-state index < -0.39 is 10.0 Å². The molecule has 0 bridgehead atoms. The van der Waals surface area contributed by atoms with Crippen LogP contribution in [0.1, 0.15) is 18.4 Å². The number of esters is 1. The second kappa shape index (κ2) is 7.78. The maximum atomic E-state index is 12.7. The van der Waals surface area contributed by atoms with Gasteiger partial charge >= 0.3 is 5.97 Å². The van der Waals surface area contributed by atoms with Gasteiger partial charge in [0.2, 0.25) is 10.0 Å². The van der Waals surface area contributed by atoms with Crippen molar-refractivity contribution in [3.8, 4) is 5.75 Å². The van der Waals surface area contributed by atoms with Crippen LogP contribution in [-0.2, 0) is 14.8 Å². The van der Waals surface area contributed by atoms with Gasteiger partial charge in [-0.2, -0.15) is 4.31 Å². The van der Waals surface area contributed by atoms with Crippen LogP contribution in [-0.4, -0.2) is 31.8 Å². The minimum atomic E-state index is -3.57. The van der Waals surface area contributed by atoms with Gasteiger partial charge in [0.25, 0.3) is 0 Å². The largest absolute Gasteiger partial charge is 0.426 e. The molecule has 1 saturated heterocycles. The zero-order chi connectivity index (χ0) is 18.7. The molecule has 7 heteroatoms. The normalized spacial score (nSPS) is 16.4. The van der Waals surface area contributed by atoms with E-state index in [0.29, 0.717) is 36.7 Å². The van der Waals surface area contributed by atoms with Gasteiger partial charge in [-0.3, -0.25) is 4.79 Å². The first-order valence-electron chi connectivity index (χ1n) is 8.40. The molecule has 1 aliphatic rings. The molecule has 0 amide bonds. The molecule has 138 valence electrons. The molecule has 0 atom stereocenters. The third-order valence-corrected chi connectivity index (χ3v) is 6.61. The van der Waals surface area contributed by atoms with Gasteiger partial charge in [0, 0.05) is 18.1 Å². The molecule has 2 aromatic rings. The van der Waals surface area contributed by atoms with Gasteiger partial charge in [-0.05, 0) is 61.7 Å². The van der Waals surface area contributed by atoms with Crippen molar-refractivity contribution < 1.29 is 17.9 Å². The predicted molar refractivity (Wildman–Crippen MR) is 99.7 cm³/mol. The highest BCUT2D eigenvalue weighted by molar-refractivity contribution is 7.89. The third kappa shape index (κ3) is 4.26. The van der Waals surface area contributed by atoms with Crippen LogP contribution < -0.4 is 4.74 Å². The lowest BCUT2D eigenvalue weighted by Gasteiger charge is -2.30. The number of ether oxygens (including phenoxy) is 1. The fourth-order valence-electron chi connectivity index (χ4n) is 2.97. The number of carbonyl (C=O) groups excluding carboxylic acids is 1. The Hall–Kier alpha value is -1.89. The third-order valence-electron chi connectivity index (χ3n) is 4.45. The first-order chi connectivity index (χ1) is 12.4. The number of hydrogen-bond donors (Lipinski definition) is 0. The van der Waals surface area contributed by atoms with Gasteiger partial charge < -0.3 is 4.74 Å². The molecule has 0 aliphatic carbocycles. The summed E-state index contributed by atoms with van der Waals surface area (Å²) in [5, 5.41) is 0.488. The van der Waals surface area contributed by atoms with Gasteiger partial charge in [-0.1, -0.05) is 23.7 Å². The Morgan fingerprint density at radius 2 is 1.77 bits per heavy atom. The van der Waals surface area contributed by atoms with E-state index in [1.54, 1.807) is 24.3 Å². The fraction of sp³-hybridized carbons (Fsp3) is 0.316. The van der Waals surface area contributed by atoms with Crippen molar-refractivity contribution >= 4 is 27.6 Å². The van der Waals surface area contributed by atoms with E-state index in [9.17, 15) is 13.2 Å². The smallest absolute Gasteiger partial charge is 0.314 e. The maximum Gasteiger partial charge on any atom is 0.314 e. The number of rotatable bonds is 4. The topological polar surface area (TPSA) is 63.7 Å². The molecule has 0 saturated carbocycles. The molecule has 0 N–H and O–H groups in total. The highest BCUT2D eigenvalue weighted by Gasteiger charge is 2.33. The Morgan fingerprint density at radius 1 is 1.12 bits per heavy atom. The van der Waals surface area contributed by atoms with Crippen molar-refractivity contribution in [3.63, 3.8) is 0 Å². The first-order valence-corrected chi connectivity index (χ1v) is 10.2. The molecule has 1 aliphatic heterocycles. The lowest BCUT2D eigenvalue weighted by molar-refractivity contribution is -0.140. The van der Waals surface area contributed by atoms with Crippen LogP contribution in [0.3, 0.4) is 0 Å². The van der Waals surface area contributed by atoms with Crippen molar-refractivity contribution in [2.75, 3.05) is 13.1 Å². The van der Waals surface area contributed by atoms with Crippen LogP contribution in [0.15, 0.2) is 53.4 Å². The molecule has 0 spiro atoms. The van der Waals surface area contributed by atoms with Crippen molar-refractivity contribution in [2.45, 2.75) is 24.7 Å². The molecule has 2 aromatic carbocycles. The molecule has 0 aromatic heterocycles. The Morgan fingerprint density at radius 3 is 2.38 bits per heavy atom. The summed E-state index contributed by atoms with van der Waals surface area (Å²) >= 11 is 5.82. The van der Waals surface area contributed by atoms with Crippen molar-refractivity contribution in [2.24, 2.45) is 5.92 Å². The Kier molecular flexibility index (Phi) is 5.65. The summed E-state index contributed by atoms with van der Waals surface area (Å²) in [5.74, 6) is -0.0856. The van der Waals surface area contributed by atoms with E-state index in [0.717, 1.165) is 5.56 Å². The predicted octanol–water partition coefficient (Wildman–Crippen LogP) is 3.65. The second-order valence-corrected chi connectivity index (χ2v) is 8.74. The zero-order valence-corrected chi connectivity index (χ0v) is 16.0. The average Bonchev–Trinajstić information content (AvgIpc) is 2.62. The lowest BCUT2D eigenvalue weighted by atomic mass is 9.98. The van der Waals surface area contributed by atoms with Crippen molar-refractivity contribution in [1.82, 2.24) is 4.31 Å². The second-order valence-electron chi connectivity index (χ2n) is 6.37. The summed E-state index contributed by atoms with van der Waals surface area (Å²) in [6.07, 6.45) is 0.884. The number of benzene rings is 2. The molecular formula is C19H20ClNO4S. The van der Waals surface area contributed by atoms with Crippen LogP contribution in [0.5, 0.6) is 5.75 Å². The van der Waals surface area contributed by atoms with Crippen LogP contribution in [0.25, 0.3) is 0 Å². The highest BCUT2D eigenvalue weighted by atomic mass is 35.5. The molecule has 5 nitrogen and oxygen atoms in total. The molecule has 0 unspecified atom stereocenters. The summed E-state index contributed by atoms with van der Waals surface area (Å²) in [6.45, 7) is 2.51. The van der Waals surface area contributed by atoms with Gasteiger partial charge in [0.15, 0.2) is 0 Å². The minimum Gasteiger partial charge on any atom is -0.426 e. The van der Waals surface area contributed by atoms with Crippen LogP contribution in [0.2, 0.25) is 5.02 Å². The van der Waals surface area contributed by atoms with Crippen LogP contribution >= 0.6 is 11.6 Å². The van der Waals surface area contributed by atoms with E-state index in [-0.39, 0.29) is 16.8 Å². The minimum absolute atomic E-state index is 0.211. The number of hydrogen-bond acceptors (Lipinski definition) is 4. The molecule has 1 heterocycles. The molecule has 26 heavy (non-hydrogen) atoms. The summed E-state index contributed by atoms with van der Waals surface area (Å²) in [4.78, 5) is 12.5. The van der Waals surface area contributed by atoms with Crippen molar-refractivity contribution in [1.29, 1.82) is 0 Å². The van der Waals surface area contributed by atoms with Crippen LogP contribution in [0.4, 0.5) is 0 Å². The van der Waals surface area contributed by atoms with E-state index >= 15 is 0 Å². The van der Waals surface area contributed by atoms with Gasteiger partial charge in [0.05, 0.1) is 10.8 Å². The lowest BCUT2D eigenvalue weighted by Crippen LogP contribution is -2.41. The monoisotopic (exact) mass is 393 g/mol. The Labute approximate surface area is 158 Å². The standard InChI is InChI=1S/C19H20ClNO4S/c1-14-3-2-4-17(13-14)25-19(22)15-9-11-21(12-10-15)26(23,24)18-7-5-16(20)6-8-18/h2-8,13,15H,9-12H2,1H3. The molecule has 1 fully saturated rings. The van der Waals surface area contributed by atoms with E-state index in [2.05, 4.69) is 0 Å². The Balaban J connectivity index is 1.61. The van der Waals surface area contributed by atoms with Gasteiger partial charge in [-0.15, -0.1) is 0 Å². The SMILES string of the molecule is Cc1cccc(OC(=O)C2CCN(S(=O)(=O)c3ccc(Cl)cc3)CC2)c1. The average molecular weight is 394 g/mol. The van der Waals surface area contributed by atoms with Crippen LogP contribution in [0, 0.1) is 12.8 Å². The summed E-state index contributed by atoms with van der Waals surface area (Å²) in [6, 6.07) is 13.4. The van der Waals surface area contributed by atoms with E-state index in [1.807, 2.05) is 19.1 Å². The quantitative estimate of drug-likeness (QED) is 0.587. The number of sulfonamides is 1.